The number of benzene rings is 2. The smallest absolute Gasteiger partial charge is 0.278 e. The summed E-state index contributed by atoms with van der Waals surface area (Å²) in [4.78, 5) is 12.7. The minimum atomic E-state index is -0.382. The number of amides is 1. The molecule has 8 nitrogen and oxygen atoms in total. The van der Waals surface area contributed by atoms with E-state index in [0.717, 1.165) is 5.69 Å². The van der Waals surface area contributed by atoms with Gasteiger partial charge in [-0.15, -0.1) is 5.10 Å². The number of carbonyl (C=O) groups excluding carboxylic acids is 1. The van der Waals surface area contributed by atoms with Crippen LogP contribution in [0.25, 0.3) is 5.69 Å². The maximum atomic E-state index is 12.7. The Morgan fingerprint density at radius 1 is 1.11 bits per heavy atom. The first-order valence-corrected chi connectivity index (χ1v) is 8.76. The van der Waals surface area contributed by atoms with Gasteiger partial charge in [0.1, 0.15) is 22.9 Å². The summed E-state index contributed by atoms with van der Waals surface area (Å²) in [6.07, 6.45) is 0. The predicted octanol–water partition coefficient (Wildman–Crippen LogP) is 3.24. The lowest BCUT2D eigenvalue weighted by molar-refractivity contribution is 0.102. The summed E-state index contributed by atoms with van der Waals surface area (Å²) in [5.74, 6) is 1.43. The first-order chi connectivity index (χ1) is 13.6. The summed E-state index contributed by atoms with van der Waals surface area (Å²) >= 11 is 0. The summed E-state index contributed by atoms with van der Waals surface area (Å²) in [6, 6.07) is 12.6. The number of para-hydroxylation sites is 2. The average Bonchev–Trinajstić information content (AvgIpc) is 3.09. The fourth-order valence-corrected chi connectivity index (χ4v) is 2.75. The number of rotatable bonds is 7. The molecule has 0 bridgehead atoms. The van der Waals surface area contributed by atoms with E-state index in [-0.39, 0.29) is 11.6 Å². The number of ether oxygens (including phenoxy) is 3. The number of anilines is 1. The number of carbonyl (C=O) groups is 1. The quantitative estimate of drug-likeness (QED) is 0.675. The lowest BCUT2D eigenvalue weighted by Crippen LogP contribution is -2.14. The van der Waals surface area contributed by atoms with E-state index in [4.69, 9.17) is 14.2 Å². The second-order valence-corrected chi connectivity index (χ2v) is 5.89. The zero-order valence-electron chi connectivity index (χ0n) is 16.2. The number of methoxy groups -OCH3 is 2. The standard InChI is InChI=1S/C20H22N4O4/c1-5-28-18-9-7-6-8-17(18)24-13(2)19(22-23-24)20(25)21-14-10-15(26-3)12-16(11-14)27-4/h6-12H,5H2,1-4H3,(H,21,25). The minimum Gasteiger partial charge on any atom is -0.497 e. The number of hydrogen-bond donors (Lipinski definition) is 1. The van der Waals surface area contributed by atoms with E-state index >= 15 is 0 Å². The Morgan fingerprint density at radius 2 is 1.79 bits per heavy atom. The van der Waals surface area contributed by atoms with Crippen LogP contribution in [-0.2, 0) is 0 Å². The molecule has 28 heavy (non-hydrogen) atoms. The highest BCUT2D eigenvalue weighted by atomic mass is 16.5. The van der Waals surface area contributed by atoms with Crippen LogP contribution >= 0.6 is 0 Å². The van der Waals surface area contributed by atoms with Crippen molar-refractivity contribution >= 4 is 11.6 Å². The van der Waals surface area contributed by atoms with Crippen molar-refractivity contribution < 1.29 is 19.0 Å². The van der Waals surface area contributed by atoms with E-state index in [9.17, 15) is 4.79 Å². The SMILES string of the molecule is CCOc1ccccc1-n1nnc(C(=O)Nc2cc(OC)cc(OC)c2)c1C. The molecule has 2 aromatic carbocycles. The molecule has 0 saturated carbocycles. The second kappa shape index (κ2) is 8.43. The Morgan fingerprint density at radius 3 is 2.43 bits per heavy atom. The van der Waals surface area contributed by atoms with Crippen LogP contribution in [0.3, 0.4) is 0 Å². The number of nitrogens with one attached hydrogen (secondary N) is 1. The van der Waals surface area contributed by atoms with Crippen LogP contribution in [0.4, 0.5) is 5.69 Å². The Bertz CT molecular complexity index is 962. The largest absolute Gasteiger partial charge is 0.497 e. The summed E-state index contributed by atoms with van der Waals surface area (Å²) in [7, 11) is 3.10. The van der Waals surface area contributed by atoms with E-state index in [0.29, 0.717) is 35.2 Å². The molecule has 3 aromatic rings. The molecule has 0 unspecified atom stereocenters. The zero-order chi connectivity index (χ0) is 20.1. The van der Waals surface area contributed by atoms with Gasteiger partial charge in [-0.2, -0.15) is 0 Å². The Kier molecular flexibility index (Phi) is 5.78. The Balaban J connectivity index is 1.89. The lowest BCUT2D eigenvalue weighted by Gasteiger charge is -2.11. The van der Waals surface area contributed by atoms with Crippen molar-refractivity contribution in [3.63, 3.8) is 0 Å². The molecule has 0 aliphatic rings. The number of hydrogen-bond acceptors (Lipinski definition) is 6. The maximum Gasteiger partial charge on any atom is 0.278 e. The number of nitrogens with zero attached hydrogens (tertiary/aromatic N) is 3. The first-order valence-electron chi connectivity index (χ1n) is 8.76. The molecule has 8 heteroatoms. The molecule has 1 N–H and O–H groups in total. The van der Waals surface area contributed by atoms with Gasteiger partial charge < -0.3 is 19.5 Å². The second-order valence-electron chi connectivity index (χ2n) is 5.89. The molecule has 3 rings (SSSR count). The van der Waals surface area contributed by atoms with Crippen LogP contribution in [0.15, 0.2) is 42.5 Å². The minimum absolute atomic E-state index is 0.216. The van der Waals surface area contributed by atoms with Crippen molar-refractivity contribution in [2.24, 2.45) is 0 Å². The molecule has 0 saturated heterocycles. The van der Waals surface area contributed by atoms with E-state index < -0.39 is 0 Å². The van der Waals surface area contributed by atoms with E-state index in [1.54, 1.807) is 44.0 Å². The molecule has 0 fully saturated rings. The van der Waals surface area contributed by atoms with Crippen molar-refractivity contribution in [2.75, 3.05) is 26.1 Å². The average molecular weight is 382 g/mol. The van der Waals surface area contributed by atoms with Crippen LogP contribution in [-0.4, -0.2) is 41.7 Å². The normalized spacial score (nSPS) is 10.4. The molecule has 0 spiro atoms. The third-order valence-corrected chi connectivity index (χ3v) is 4.11. The molecular formula is C20H22N4O4. The molecule has 1 aromatic heterocycles. The van der Waals surface area contributed by atoms with Crippen LogP contribution < -0.4 is 19.5 Å². The topological polar surface area (TPSA) is 87.5 Å². The van der Waals surface area contributed by atoms with Gasteiger partial charge in [0.15, 0.2) is 5.69 Å². The molecular weight excluding hydrogens is 360 g/mol. The third kappa shape index (κ3) is 3.90. The summed E-state index contributed by atoms with van der Waals surface area (Å²) < 4.78 is 17.7. The molecule has 0 aliphatic carbocycles. The monoisotopic (exact) mass is 382 g/mol. The van der Waals surface area contributed by atoms with Gasteiger partial charge in [-0.25, -0.2) is 4.68 Å². The molecule has 0 radical (unpaired) electrons. The van der Waals surface area contributed by atoms with E-state index in [1.807, 2.05) is 31.2 Å². The predicted molar refractivity (Wildman–Crippen MR) is 105 cm³/mol. The van der Waals surface area contributed by atoms with Crippen LogP contribution in [0.5, 0.6) is 17.2 Å². The number of aromatic nitrogens is 3. The van der Waals surface area contributed by atoms with E-state index in [1.165, 1.54) is 0 Å². The van der Waals surface area contributed by atoms with Crippen molar-refractivity contribution in [3.8, 4) is 22.9 Å². The molecule has 0 aliphatic heterocycles. The third-order valence-electron chi connectivity index (χ3n) is 4.11. The summed E-state index contributed by atoms with van der Waals surface area (Å²) in [6.45, 7) is 4.21. The Hall–Kier alpha value is -3.55. The molecule has 146 valence electrons. The van der Waals surface area contributed by atoms with Gasteiger partial charge >= 0.3 is 0 Å². The van der Waals surface area contributed by atoms with Gasteiger partial charge in [-0.1, -0.05) is 17.3 Å². The Labute approximate surface area is 163 Å². The maximum absolute atomic E-state index is 12.7. The van der Waals surface area contributed by atoms with Gasteiger partial charge in [-0.3, -0.25) is 4.79 Å². The zero-order valence-corrected chi connectivity index (χ0v) is 16.2. The molecule has 0 atom stereocenters. The lowest BCUT2D eigenvalue weighted by atomic mass is 10.2. The fourth-order valence-electron chi connectivity index (χ4n) is 2.75. The molecule has 1 heterocycles. The summed E-state index contributed by atoms with van der Waals surface area (Å²) in [5, 5.41) is 11.0. The van der Waals surface area contributed by atoms with Gasteiger partial charge in [0.25, 0.3) is 5.91 Å². The first kappa shape index (κ1) is 19.2. The summed E-state index contributed by atoms with van der Waals surface area (Å²) in [5.41, 5.74) is 2.06. The van der Waals surface area contributed by atoms with Crippen LogP contribution in [0, 0.1) is 6.92 Å². The van der Waals surface area contributed by atoms with E-state index in [2.05, 4.69) is 15.6 Å². The highest BCUT2D eigenvalue weighted by Crippen LogP contribution is 2.27. The highest BCUT2D eigenvalue weighted by Gasteiger charge is 2.19. The van der Waals surface area contributed by atoms with Crippen molar-refractivity contribution in [3.05, 3.63) is 53.9 Å². The van der Waals surface area contributed by atoms with Gasteiger partial charge in [0.2, 0.25) is 0 Å². The van der Waals surface area contributed by atoms with Crippen LogP contribution in [0.1, 0.15) is 23.1 Å². The van der Waals surface area contributed by atoms with Crippen molar-refractivity contribution in [2.45, 2.75) is 13.8 Å². The highest BCUT2D eigenvalue weighted by molar-refractivity contribution is 6.03. The van der Waals surface area contributed by atoms with Gasteiger partial charge in [0, 0.05) is 23.9 Å². The molecule has 1 amide bonds. The van der Waals surface area contributed by atoms with Crippen LogP contribution in [0.2, 0.25) is 0 Å². The van der Waals surface area contributed by atoms with Gasteiger partial charge in [-0.05, 0) is 26.0 Å². The van der Waals surface area contributed by atoms with Gasteiger partial charge in [0.05, 0.1) is 26.5 Å². The van der Waals surface area contributed by atoms with Crippen molar-refractivity contribution in [1.29, 1.82) is 0 Å². The van der Waals surface area contributed by atoms with Crippen molar-refractivity contribution in [1.82, 2.24) is 15.0 Å². The fraction of sp³-hybridized carbons (Fsp3) is 0.250.